The molecule has 0 fully saturated rings. The van der Waals surface area contributed by atoms with Gasteiger partial charge >= 0.3 is 0 Å². The van der Waals surface area contributed by atoms with E-state index in [1.165, 1.54) is 0 Å². The fourth-order valence-corrected chi connectivity index (χ4v) is 3.45. The van der Waals surface area contributed by atoms with E-state index in [4.69, 9.17) is 16.3 Å². The Labute approximate surface area is 161 Å². The summed E-state index contributed by atoms with van der Waals surface area (Å²) in [6, 6.07) is 15.6. The molecule has 0 atom stereocenters. The number of alkyl halides is 1. The van der Waals surface area contributed by atoms with Crippen LogP contribution in [0.15, 0.2) is 48.5 Å². The topological polar surface area (TPSA) is 35.0 Å². The van der Waals surface area contributed by atoms with Gasteiger partial charge in [0.25, 0.3) is 0 Å². The zero-order valence-corrected chi connectivity index (χ0v) is 16.4. The molecule has 0 spiro atoms. The van der Waals surface area contributed by atoms with E-state index in [1.807, 2.05) is 62.4 Å². The van der Waals surface area contributed by atoms with Crippen LogP contribution >= 0.6 is 27.5 Å². The molecule has 1 aromatic heterocycles. The molecule has 3 nitrogen and oxygen atoms in total. The normalized spacial score (nSPS) is 10.7. The van der Waals surface area contributed by atoms with Crippen LogP contribution < -0.4 is 4.74 Å². The minimum absolute atomic E-state index is 0.473. The molecule has 128 valence electrons. The molecule has 3 rings (SSSR count). The summed E-state index contributed by atoms with van der Waals surface area (Å²) in [6.07, 6.45) is 0. The van der Waals surface area contributed by atoms with Crippen LogP contribution in [0.3, 0.4) is 0 Å². The molecule has 5 heteroatoms. The molecule has 25 heavy (non-hydrogen) atoms. The van der Waals surface area contributed by atoms with Crippen molar-refractivity contribution in [3.8, 4) is 17.0 Å². The Morgan fingerprint density at radius 2 is 1.72 bits per heavy atom. The first-order valence-electron chi connectivity index (χ1n) is 7.95. The summed E-state index contributed by atoms with van der Waals surface area (Å²) in [5.74, 6) is 1.56. The van der Waals surface area contributed by atoms with Crippen molar-refractivity contribution in [1.82, 2.24) is 9.97 Å². The molecule has 0 bridgehead atoms. The molecule has 0 saturated carbocycles. The van der Waals surface area contributed by atoms with Crippen molar-refractivity contribution in [3.05, 3.63) is 76.2 Å². The van der Waals surface area contributed by atoms with Crippen LogP contribution in [-0.2, 0) is 11.9 Å². The second-order valence-corrected chi connectivity index (χ2v) is 6.73. The van der Waals surface area contributed by atoms with Crippen molar-refractivity contribution >= 4 is 27.5 Å². The third kappa shape index (κ3) is 4.20. The van der Waals surface area contributed by atoms with Gasteiger partial charge in [-0.2, -0.15) is 0 Å². The smallest absolute Gasteiger partial charge is 0.129 e. The largest absolute Gasteiger partial charge is 0.488 e. The second-order valence-electron chi connectivity index (χ2n) is 5.73. The first kappa shape index (κ1) is 17.9. The van der Waals surface area contributed by atoms with Crippen molar-refractivity contribution in [2.45, 2.75) is 25.8 Å². The van der Waals surface area contributed by atoms with Gasteiger partial charge in [0, 0.05) is 27.2 Å². The third-order valence-corrected chi connectivity index (χ3v) is 4.72. The molecule has 0 aliphatic carbocycles. The Bertz CT molecular complexity index is 881. The number of hydrogen-bond acceptors (Lipinski definition) is 3. The van der Waals surface area contributed by atoms with Crippen LogP contribution in [-0.4, -0.2) is 9.97 Å². The summed E-state index contributed by atoms with van der Waals surface area (Å²) >= 11 is 9.49. The first-order valence-corrected chi connectivity index (χ1v) is 9.45. The molecule has 3 aromatic rings. The van der Waals surface area contributed by atoms with E-state index in [2.05, 4.69) is 25.9 Å². The maximum absolute atomic E-state index is 6.08. The Morgan fingerprint density at radius 3 is 2.44 bits per heavy atom. The maximum Gasteiger partial charge on any atom is 0.129 e. The molecule has 0 saturated heterocycles. The highest BCUT2D eigenvalue weighted by atomic mass is 79.9. The first-order chi connectivity index (χ1) is 12.1. The summed E-state index contributed by atoms with van der Waals surface area (Å²) in [7, 11) is 0. The standard InChI is InChI=1S/C20H18BrClN2O/c1-13-18(11-21)20(24-14(2)23-13)17-5-3-4-6-19(17)25-12-15-7-9-16(22)10-8-15/h3-10H,11-12H2,1-2H3. The number of nitrogens with zero attached hydrogens (tertiary/aromatic N) is 2. The quantitative estimate of drug-likeness (QED) is 0.486. The summed E-state index contributed by atoms with van der Waals surface area (Å²) < 4.78 is 6.08. The minimum atomic E-state index is 0.473. The van der Waals surface area contributed by atoms with E-state index in [-0.39, 0.29) is 0 Å². The number of hydrogen-bond donors (Lipinski definition) is 0. The fourth-order valence-electron chi connectivity index (χ4n) is 2.65. The van der Waals surface area contributed by atoms with Gasteiger partial charge in [-0.05, 0) is 43.7 Å². The molecule has 0 unspecified atom stereocenters. The summed E-state index contributed by atoms with van der Waals surface area (Å²) in [4.78, 5) is 9.13. The molecule has 0 amide bonds. The molecular weight excluding hydrogens is 400 g/mol. The van der Waals surface area contributed by atoms with Gasteiger partial charge in [0.15, 0.2) is 0 Å². The van der Waals surface area contributed by atoms with Crippen LogP contribution in [0.25, 0.3) is 11.3 Å². The van der Waals surface area contributed by atoms with Gasteiger partial charge < -0.3 is 4.74 Å². The number of aryl methyl sites for hydroxylation is 2. The Hall–Kier alpha value is -1.91. The second kappa shape index (κ2) is 7.98. The van der Waals surface area contributed by atoms with Crippen molar-refractivity contribution in [3.63, 3.8) is 0 Å². The van der Waals surface area contributed by atoms with Gasteiger partial charge in [-0.15, -0.1) is 0 Å². The summed E-state index contributed by atoms with van der Waals surface area (Å²) in [6.45, 7) is 4.39. The van der Waals surface area contributed by atoms with Crippen LogP contribution in [0.4, 0.5) is 0 Å². The van der Waals surface area contributed by atoms with Crippen molar-refractivity contribution in [2.24, 2.45) is 0 Å². The van der Waals surface area contributed by atoms with Gasteiger partial charge in [-0.25, -0.2) is 9.97 Å². The van der Waals surface area contributed by atoms with Crippen LogP contribution in [0, 0.1) is 13.8 Å². The number of para-hydroxylation sites is 1. The SMILES string of the molecule is Cc1nc(C)c(CBr)c(-c2ccccc2OCc2ccc(Cl)cc2)n1. The van der Waals surface area contributed by atoms with E-state index in [0.29, 0.717) is 11.9 Å². The molecule has 0 aliphatic rings. The number of ether oxygens (including phenoxy) is 1. The Kier molecular flexibility index (Phi) is 5.71. The zero-order valence-electron chi connectivity index (χ0n) is 14.1. The van der Waals surface area contributed by atoms with E-state index < -0.39 is 0 Å². The number of rotatable bonds is 5. The van der Waals surface area contributed by atoms with E-state index in [0.717, 1.165) is 44.7 Å². The molecule has 0 radical (unpaired) electrons. The summed E-state index contributed by atoms with van der Waals surface area (Å²) in [5, 5.41) is 1.41. The van der Waals surface area contributed by atoms with Crippen LogP contribution in [0.2, 0.25) is 5.02 Å². The lowest BCUT2D eigenvalue weighted by molar-refractivity contribution is 0.307. The van der Waals surface area contributed by atoms with Crippen LogP contribution in [0.1, 0.15) is 22.6 Å². The molecule has 0 aliphatic heterocycles. The lowest BCUT2D eigenvalue weighted by Crippen LogP contribution is -2.03. The van der Waals surface area contributed by atoms with E-state index in [1.54, 1.807) is 0 Å². The highest BCUT2D eigenvalue weighted by Gasteiger charge is 2.15. The third-order valence-electron chi connectivity index (χ3n) is 3.91. The predicted molar refractivity (Wildman–Crippen MR) is 105 cm³/mol. The minimum Gasteiger partial charge on any atom is -0.488 e. The van der Waals surface area contributed by atoms with E-state index in [9.17, 15) is 0 Å². The number of benzene rings is 2. The fraction of sp³-hybridized carbons (Fsp3) is 0.200. The molecule has 2 aromatic carbocycles. The molecule has 0 N–H and O–H groups in total. The van der Waals surface area contributed by atoms with Crippen molar-refractivity contribution < 1.29 is 4.74 Å². The van der Waals surface area contributed by atoms with Gasteiger partial charge in [0.2, 0.25) is 0 Å². The highest BCUT2D eigenvalue weighted by molar-refractivity contribution is 9.08. The van der Waals surface area contributed by atoms with Crippen LogP contribution in [0.5, 0.6) is 5.75 Å². The average molecular weight is 418 g/mol. The van der Waals surface area contributed by atoms with Crippen molar-refractivity contribution in [1.29, 1.82) is 0 Å². The van der Waals surface area contributed by atoms with Gasteiger partial charge in [0.05, 0.1) is 5.69 Å². The predicted octanol–water partition coefficient (Wildman–Crippen LogP) is 5.89. The monoisotopic (exact) mass is 416 g/mol. The number of halogens is 2. The Balaban J connectivity index is 1.95. The van der Waals surface area contributed by atoms with Crippen molar-refractivity contribution in [2.75, 3.05) is 0 Å². The van der Waals surface area contributed by atoms with E-state index >= 15 is 0 Å². The highest BCUT2D eigenvalue weighted by Crippen LogP contribution is 2.33. The van der Waals surface area contributed by atoms with Gasteiger partial charge in [0.1, 0.15) is 18.2 Å². The summed E-state index contributed by atoms with van der Waals surface area (Å²) in [5.41, 5.74) is 5.00. The number of aromatic nitrogens is 2. The lowest BCUT2D eigenvalue weighted by Gasteiger charge is -2.15. The average Bonchev–Trinajstić information content (AvgIpc) is 2.61. The lowest BCUT2D eigenvalue weighted by atomic mass is 10.0. The van der Waals surface area contributed by atoms with Gasteiger partial charge in [-0.1, -0.05) is 51.8 Å². The Morgan fingerprint density at radius 1 is 1.00 bits per heavy atom. The zero-order chi connectivity index (χ0) is 17.8. The van der Waals surface area contributed by atoms with Gasteiger partial charge in [-0.3, -0.25) is 0 Å². The molecular formula is C20H18BrClN2O. The molecule has 1 heterocycles. The maximum atomic E-state index is 6.08.